The Morgan fingerprint density at radius 1 is 1.50 bits per heavy atom. The van der Waals surface area contributed by atoms with Crippen molar-refractivity contribution in [2.45, 2.75) is 37.8 Å². The van der Waals surface area contributed by atoms with Gasteiger partial charge in [0.1, 0.15) is 0 Å². The molecule has 1 aliphatic heterocycles. The number of likely N-dealkylation sites (tertiary alicyclic amines) is 1. The van der Waals surface area contributed by atoms with E-state index in [0.29, 0.717) is 13.1 Å². The summed E-state index contributed by atoms with van der Waals surface area (Å²) in [4.78, 5) is 13.6. The molecule has 1 heterocycles. The maximum atomic E-state index is 11.9. The summed E-state index contributed by atoms with van der Waals surface area (Å²) >= 11 is 0. The molecule has 4 heteroatoms. The minimum Gasteiger partial charge on any atom is -0.386 e. The first-order valence-corrected chi connectivity index (χ1v) is 5.26. The normalized spacial score (nSPS) is 35.5. The molecule has 14 heavy (non-hydrogen) atoms. The molecule has 0 radical (unpaired) electrons. The summed E-state index contributed by atoms with van der Waals surface area (Å²) in [5, 5.41) is 9.52. The maximum Gasteiger partial charge on any atom is 0.227 e. The molecule has 2 fully saturated rings. The molecule has 1 aliphatic carbocycles. The second-order valence-electron chi connectivity index (χ2n) is 4.89. The van der Waals surface area contributed by atoms with Gasteiger partial charge in [0.25, 0.3) is 0 Å². The number of nitrogens with two attached hydrogens (primary N) is 1. The number of carbonyl (C=O) groups is 1. The van der Waals surface area contributed by atoms with E-state index >= 15 is 0 Å². The van der Waals surface area contributed by atoms with Crippen molar-refractivity contribution in [3.63, 3.8) is 0 Å². The number of hydrogen-bond donors (Lipinski definition) is 2. The highest BCUT2D eigenvalue weighted by molar-refractivity contribution is 5.81. The molecule has 1 saturated heterocycles. The Labute approximate surface area is 84.1 Å². The molecule has 0 aromatic rings. The Hall–Kier alpha value is -0.610. The number of nitrogens with zero attached hydrogens (tertiary/aromatic N) is 1. The third-order valence-corrected chi connectivity index (χ3v) is 3.26. The average Bonchev–Trinajstić information content (AvgIpc) is 2.45. The van der Waals surface area contributed by atoms with E-state index in [0.717, 1.165) is 19.3 Å². The zero-order valence-corrected chi connectivity index (χ0v) is 8.57. The van der Waals surface area contributed by atoms with Crippen molar-refractivity contribution in [2.75, 3.05) is 13.1 Å². The van der Waals surface area contributed by atoms with E-state index in [-0.39, 0.29) is 17.9 Å². The molecule has 0 aromatic heterocycles. The van der Waals surface area contributed by atoms with E-state index in [4.69, 9.17) is 5.73 Å². The number of amides is 1. The highest BCUT2D eigenvalue weighted by atomic mass is 16.3. The number of hydrogen-bond acceptors (Lipinski definition) is 3. The summed E-state index contributed by atoms with van der Waals surface area (Å²) < 4.78 is 0. The van der Waals surface area contributed by atoms with Crippen LogP contribution in [-0.2, 0) is 4.79 Å². The highest BCUT2D eigenvalue weighted by Gasteiger charge is 2.43. The van der Waals surface area contributed by atoms with Gasteiger partial charge < -0.3 is 15.7 Å². The number of carbonyl (C=O) groups excluding carboxylic acids is 1. The van der Waals surface area contributed by atoms with Crippen molar-refractivity contribution in [1.82, 2.24) is 4.90 Å². The quantitative estimate of drug-likeness (QED) is 0.608. The smallest absolute Gasteiger partial charge is 0.227 e. The van der Waals surface area contributed by atoms with Crippen molar-refractivity contribution in [1.29, 1.82) is 0 Å². The lowest BCUT2D eigenvalue weighted by Crippen LogP contribution is -2.63. The predicted molar refractivity (Wildman–Crippen MR) is 52.5 cm³/mol. The number of β-amino-alcohol motifs (C(OH)–C–C–N with tert-alkyl or cyclic N) is 1. The van der Waals surface area contributed by atoms with Crippen LogP contribution in [0.4, 0.5) is 0 Å². The van der Waals surface area contributed by atoms with Gasteiger partial charge in [0, 0.05) is 6.04 Å². The number of rotatable bonds is 1. The minimum absolute atomic E-state index is 0.00565. The van der Waals surface area contributed by atoms with E-state index in [2.05, 4.69) is 0 Å². The molecular weight excluding hydrogens is 180 g/mol. The average molecular weight is 198 g/mol. The Morgan fingerprint density at radius 2 is 2.14 bits per heavy atom. The third-order valence-electron chi connectivity index (χ3n) is 3.26. The highest BCUT2D eigenvalue weighted by Crippen LogP contribution is 2.29. The molecule has 2 aliphatic rings. The van der Waals surface area contributed by atoms with Crippen LogP contribution in [0.15, 0.2) is 0 Å². The van der Waals surface area contributed by atoms with E-state index < -0.39 is 5.60 Å². The van der Waals surface area contributed by atoms with Gasteiger partial charge in [-0.15, -0.1) is 0 Å². The van der Waals surface area contributed by atoms with Crippen LogP contribution in [0, 0.1) is 5.92 Å². The third kappa shape index (κ3) is 1.64. The zero-order chi connectivity index (χ0) is 10.3. The fourth-order valence-corrected chi connectivity index (χ4v) is 2.46. The molecule has 2 unspecified atom stereocenters. The summed E-state index contributed by atoms with van der Waals surface area (Å²) in [6.45, 7) is 2.69. The topological polar surface area (TPSA) is 66.6 Å². The lowest BCUT2D eigenvalue weighted by molar-refractivity contribution is -0.156. The van der Waals surface area contributed by atoms with Crippen LogP contribution in [0.1, 0.15) is 26.2 Å². The van der Waals surface area contributed by atoms with E-state index in [1.807, 2.05) is 0 Å². The molecule has 2 rings (SSSR count). The SMILES string of the molecule is CC1(O)CN(C(=O)C2CCCC2N)C1. The molecule has 0 bridgehead atoms. The van der Waals surface area contributed by atoms with Gasteiger partial charge in [-0.05, 0) is 19.8 Å². The van der Waals surface area contributed by atoms with Crippen molar-refractivity contribution in [3.05, 3.63) is 0 Å². The largest absolute Gasteiger partial charge is 0.386 e. The fraction of sp³-hybridized carbons (Fsp3) is 0.900. The van der Waals surface area contributed by atoms with Gasteiger partial charge >= 0.3 is 0 Å². The van der Waals surface area contributed by atoms with E-state index in [1.54, 1.807) is 11.8 Å². The van der Waals surface area contributed by atoms with Gasteiger partial charge in [-0.1, -0.05) is 6.42 Å². The van der Waals surface area contributed by atoms with Crippen molar-refractivity contribution in [3.8, 4) is 0 Å². The second kappa shape index (κ2) is 3.21. The monoisotopic (exact) mass is 198 g/mol. The summed E-state index contributed by atoms with van der Waals surface area (Å²) in [5.41, 5.74) is 5.19. The molecule has 0 spiro atoms. The van der Waals surface area contributed by atoms with Crippen LogP contribution in [-0.4, -0.2) is 40.6 Å². The van der Waals surface area contributed by atoms with Gasteiger partial charge in [-0.25, -0.2) is 0 Å². The van der Waals surface area contributed by atoms with E-state index in [1.165, 1.54) is 0 Å². The van der Waals surface area contributed by atoms with E-state index in [9.17, 15) is 9.90 Å². The Bertz CT molecular complexity index is 245. The zero-order valence-electron chi connectivity index (χ0n) is 8.57. The lowest BCUT2D eigenvalue weighted by Gasteiger charge is -2.45. The van der Waals surface area contributed by atoms with Crippen LogP contribution in [0.25, 0.3) is 0 Å². The first-order valence-electron chi connectivity index (χ1n) is 5.26. The van der Waals surface area contributed by atoms with Gasteiger partial charge in [0.05, 0.1) is 24.6 Å². The van der Waals surface area contributed by atoms with Gasteiger partial charge in [-0.2, -0.15) is 0 Å². The minimum atomic E-state index is -0.668. The Morgan fingerprint density at radius 3 is 2.57 bits per heavy atom. The summed E-state index contributed by atoms with van der Waals surface area (Å²) in [7, 11) is 0. The first kappa shape index (κ1) is 9.93. The van der Waals surface area contributed by atoms with Crippen LogP contribution in [0.2, 0.25) is 0 Å². The molecule has 80 valence electrons. The number of aliphatic hydroxyl groups is 1. The maximum absolute atomic E-state index is 11.9. The molecular formula is C10H18N2O2. The van der Waals surface area contributed by atoms with Crippen LogP contribution in [0.3, 0.4) is 0 Å². The lowest BCUT2D eigenvalue weighted by atomic mass is 9.93. The van der Waals surface area contributed by atoms with Gasteiger partial charge in [-0.3, -0.25) is 4.79 Å². The van der Waals surface area contributed by atoms with Crippen LogP contribution >= 0.6 is 0 Å². The second-order valence-corrected chi connectivity index (χ2v) is 4.89. The van der Waals surface area contributed by atoms with Crippen LogP contribution in [0.5, 0.6) is 0 Å². The van der Waals surface area contributed by atoms with Crippen molar-refractivity contribution < 1.29 is 9.90 Å². The van der Waals surface area contributed by atoms with Crippen LogP contribution < -0.4 is 5.73 Å². The molecule has 4 nitrogen and oxygen atoms in total. The molecule has 0 aromatic carbocycles. The van der Waals surface area contributed by atoms with Crippen molar-refractivity contribution >= 4 is 5.91 Å². The summed E-state index contributed by atoms with van der Waals surface area (Å²) in [6.07, 6.45) is 2.93. The van der Waals surface area contributed by atoms with Crippen molar-refractivity contribution in [2.24, 2.45) is 11.7 Å². The summed E-state index contributed by atoms with van der Waals surface area (Å²) in [6, 6.07) is 0.0352. The predicted octanol–water partition coefficient (Wildman–Crippen LogP) is -0.293. The van der Waals surface area contributed by atoms with Gasteiger partial charge in [0.2, 0.25) is 5.91 Å². The summed E-state index contributed by atoms with van der Waals surface area (Å²) in [5.74, 6) is 0.146. The first-order chi connectivity index (χ1) is 6.49. The standard InChI is InChI=1S/C10H18N2O2/c1-10(14)5-12(6-10)9(13)7-3-2-4-8(7)11/h7-8,14H,2-6,11H2,1H3. The molecule has 1 saturated carbocycles. The molecule has 3 N–H and O–H groups in total. The Balaban J connectivity index is 1.90. The fourth-order valence-electron chi connectivity index (χ4n) is 2.46. The molecule has 1 amide bonds. The Kier molecular flexibility index (Phi) is 2.27. The molecule has 2 atom stereocenters. The van der Waals surface area contributed by atoms with Gasteiger partial charge in [0.15, 0.2) is 0 Å².